The topological polar surface area (TPSA) is 96.6 Å². The summed E-state index contributed by atoms with van der Waals surface area (Å²) in [6, 6.07) is 0. The minimum absolute atomic E-state index is 0. The molecule has 0 aliphatic carbocycles. The number of amides is 2. The Kier molecular flexibility index (Phi) is 4.24. The van der Waals surface area contributed by atoms with Gasteiger partial charge in [-0.25, -0.2) is 11.3 Å². The van der Waals surface area contributed by atoms with Gasteiger partial charge in [0.15, 0.2) is 0 Å². The molecule has 1 rings (SSSR count). The number of rotatable bonds is 2. The lowest BCUT2D eigenvalue weighted by Gasteiger charge is -1.95. The second kappa shape index (κ2) is 4.68. The van der Waals surface area contributed by atoms with Crippen LogP contribution in [0.3, 0.4) is 0 Å². The lowest BCUT2D eigenvalue weighted by molar-refractivity contribution is -0.120. The summed E-state index contributed by atoms with van der Waals surface area (Å²) in [5.74, 6) is 4.29. The molecule has 0 spiro atoms. The van der Waals surface area contributed by atoms with Gasteiger partial charge >= 0.3 is 0 Å². The van der Waals surface area contributed by atoms with Crippen molar-refractivity contribution in [3.63, 3.8) is 0 Å². The maximum absolute atomic E-state index is 10.6. The third-order valence-electron chi connectivity index (χ3n) is 1.23. The number of carbonyl (C=O) groups excluding carboxylic acids is 2. The number of carbonyl (C=O) groups is 2. The van der Waals surface area contributed by atoms with Crippen LogP contribution in [0.4, 0.5) is 0 Å². The number of nitrogens with two attached hydrogens (primary N) is 1. The highest BCUT2D eigenvalue weighted by atomic mass is 35.5. The molecule has 0 radical (unpaired) electrons. The van der Waals surface area contributed by atoms with Crippen molar-refractivity contribution in [2.24, 2.45) is 10.9 Å². The zero-order valence-corrected chi connectivity index (χ0v) is 6.98. The first-order chi connectivity index (χ1) is 5.22. The Balaban J connectivity index is 0.00000121. The van der Waals surface area contributed by atoms with Crippen molar-refractivity contribution in [3.05, 3.63) is 0 Å². The molecular formula is C5H9ClN4O2. The minimum atomic E-state index is -0.347. The normalized spacial score (nSPS) is 14.4. The van der Waals surface area contributed by atoms with Crippen LogP contribution >= 0.6 is 12.4 Å². The molecule has 0 aromatic heterocycles. The van der Waals surface area contributed by atoms with Crippen LogP contribution in [0.5, 0.6) is 0 Å². The zero-order chi connectivity index (χ0) is 8.27. The number of hydrogen-bond acceptors (Lipinski definition) is 4. The van der Waals surface area contributed by atoms with E-state index in [0.29, 0.717) is 5.71 Å². The van der Waals surface area contributed by atoms with Gasteiger partial charge in [-0.2, -0.15) is 5.10 Å². The molecule has 68 valence electrons. The van der Waals surface area contributed by atoms with Gasteiger partial charge in [-0.05, 0) is 0 Å². The smallest absolute Gasteiger partial charge is 0.245 e. The fourth-order valence-electron chi connectivity index (χ4n) is 0.744. The zero-order valence-electron chi connectivity index (χ0n) is 6.16. The summed E-state index contributed by atoms with van der Waals surface area (Å²) in [4.78, 5) is 21.2. The van der Waals surface area contributed by atoms with Gasteiger partial charge in [0.05, 0.1) is 18.6 Å². The standard InChI is InChI=1S/C5H8N4O2.ClH/c6-7-4(10)1-3-2-5(11)9-8-3;/h1-2,6H2,(H,7,10)(H,9,11);1H. The Morgan fingerprint density at radius 1 is 1.75 bits per heavy atom. The highest BCUT2D eigenvalue weighted by Gasteiger charge is 2.16. The van der Waals surface area contributed by atoms with Gasteiger partial charge in [0.2, 0.25) is 11.8 Å². The second-order valence-electron chi connectivity index (χ2n) is 2.13. The quantitative estimate of drug-likeness (QED) is 0.287. The maximum Gasteiger partial charge on any atom is 0.245 e. The third-order valence-corrected chi connectivity index (χ3v) is 1.23. The predicted molar refractivity (Wildman–Crippen MR) is 44.4 cm³/mol. The number of hydrazone groups is 1. The summed E-state index contributed by atoms with van der Waals surface area (Å²) in [6.07, 6.45) is 0.267. The first-order valence-electron chi connectivity index (χ1n) is 3.06. The molecule has 12 heavy (non-hydrogen) atoms. The van der Waals surface area contributed by atoms with Crippen LogP contribution in [0.25, 0.3) is 0 Å². The fraction of sp³-hybridized carbons (Fsp3) is 0.400. The highest BCUT2D eigenvalue weighted by Crippen LogP contribution is 1.98. The molecule has 0 bridgehead atoms. The van der Waals surface area contributed by atoms with Gasteiger partial charge in [-0.3, -0.25) is 15.0 Å². The predicted octanol–water partition coefficient (Wildman–Crippen LogP) is -1.34. The van der Waals surface area contributed by atoms with Crippen LogP contribution in [0, 0.1) is 0 Å². The van der Waals surface area contributed by atoms with E-state index in [1.54, 1.807) is 0 Å². The average molecular weight is 193 g/mol. The van der Waals surface area contributed by atoms with Crippen molar-refractivity contribution in [1.82, 2.24) is 10.9 Å². The van der Waals surface area contributed by atoms with E-state index in [1.165, 1.54) is 0 Å². The largest absolute Gasteiger partial charge is 0.294 e. The number of nitrogens with one attached hydrogen (secondary N) is 2. The Morgan fingerprint density at radius 3 is 2.83 bits per heavy atom. The van der Waals surface area contributed by atoms with E-state index in [4.69, 9.17) is 5.84 Å². The maximum atomic E-state index is 10.6. The molecule has 6 nitrogen and oxygen atoms in total. The SMILES string of the molecule is Cl.NNC(=O)CC1=NNC(=O)C1. The number of hydrogen-bond donors (Lipinski definition) is 3. The number of nitrogens with zero attached hydrogens (tertiary/aromatic N) is 1. The molecule has 0 saturated heterocycles. The van der Waals surface area contributed by atoms with Crippen LogP contribution in [-0.4, -0.2) is 17.5 Å². The Morgan fingerprint density at radius 2 is 2.42 bits per heavy atom. The van der Waals surface area contributed by atoms with Crippen molar-refractivity contribution in [1.29, 1.82) is 0 Å². The van der Waals surface area contributed by atoms with Gasteiger partial charge in [0.1, 0.15) is 0 Å². The molecule has 0 aromatic rings. The van der Waals surface area contributed by atoms with E-state index in [-0.39, 0.29) is 37.1 Å². The van der Waals surface area contributed by atoms with E-state index in [9.17, 15) is 9.59 Å². The molecule has 1 aliphatic heterocycles. The second-order valence-corrected chi connectivity index (χ2v) is 2.13. The van der Waals surface area contributed by atoms with E-state index >= 15 is 0 Å². The molecule has 2 amide bonds. The molecule has 7 heteroatoms. The van der Waals surface area contributed by atoms with Crippen LogP contribution in [0.15, 0.2) is 5.10 Å². The molecule has 0 saturated carbocycles. The van der Waals surface area contributed by atoms with Crippen LogP contribution in [-0.2, 0) is 9.59 Å². The summed E-state index contributed by atoms with van der Waals surface area (Å²) in [7, 11) is 0. The molecule has 0 fully saturated rings. The molecule has 0 unspecified atom stereocenters. The first kappa shape index (κ1) is 10.9. The minimum Gasteiger partial charge on any atom is -0.294 e. The average Bonchev–Trinajstić information content (AvgIpc) is 2.35. The van der Waals surface area contributed by atoms with Crippen molar-refractivity contribution < 1.29 is 9.59 Å². The third kappa shape index (κ3) is 2.85. The van der Waals surface area contributed by atoms with Gasteiger partial charge in [-0.15, -0.1) is 12.4 Å². The fourth-order valence-corrected chi connectivity index (χ4v) is 0.744. The molecule has 1 aliphatic rings. The van der Waals surface area contributed by atoms with Gasteiger partial charge in [0, 0.05) is 0 Å². The summed E-state index contributed by atoms with van der Waals surface area (Å²) in [5, 5.41) is 3.61. The van der Waals surface area contributed by atoms with Crippen LogP contribution in [0.2, 0.25) is 0 Å². The molecule has 1 heterocycles. The monoisotopic (exact) mass is 192 g/mol. The van der Waals surface area contributed by atoms with Gasteiger partial charge < -0.3 is 0 Å². The lowest BCUT2D eigenvalue weighted by atomic mass is 10.2. The van der Waals surface area contributed by atoms with Crippen LogP contribution in [0.1, 0.15) is 12.8 Å². The molecule has 0 aromatic carbocycles. The van der Waals surface area contributed by atoms with Crippen molar-refractivity contribution in [2.45, 2.75) is 12.8 Å². The number of halogens is 1. The summed E-state index contributed by atoms with van der Waals surface area (Å²) < 4.78 is 0. The van der Waals surface area contributed by atoms with E-state index in [0.717, 1.165) is 0 Å². The van der Waals surface area contributed by atoms with E-state index in [1.807, 2.05) is 5.43 Å². The van der Waals surface area contributed by atoms with E-state index in [2.05, 4.69) is 10.5 Å². The highest BCUT2D eigenvalue weighted by molar-refractivity contribution is 6.11. The Bertz CT molecular complexity index is 227. The Hall–Kier alpha value is -1.14. The summed E-state index contributed by atoms with van der Waals surface area (Å²) in [6.45, 7) is 0. The van der Waals surface area contributed by atoms with Crippen molar-refractivity contribution in [2.75, 3.05) is 0 Å². The van der Waals surface area contributed by atoms with Gasteiger partial charge in [-0.1, -0.05) is 0 Å². The Labute approximate surface area is 74.9 Å². The molecular weight excluding hydrogens is 184 g/mol. The van der Waals surface area contributed by atoms with E-state index < -0.39 is 0 Å². The lowest BCUT2D eigenvalue weighted by Crippen LogP contribution is -2.31. The van der Waals surface area contributed by atoms with Crippen molar-refractivity contribution in [3.8, 4) is 0 Å². The van der Waals surface area contributed by atoms with Crippen LogP contribution < -0.4 is 16.7 Å². The summed E-state index contributed by atoms with van der Waals surface area (Å²) in [5.41, 5.74) is 4.69. The summed E-state index contributed by atoms with van der Waals surface area (Å²) >= 11 is 0. The number of hydrazine groups is 1. The molecule has 4 N–H and O–H groups in total. The van der Waals surface area contributed by atoms with Gasteiger partial charge in [0.25, 0.3) is 0 Å². The molecule has 0 atom stereocenters. The first-order valence-corrected chi connectivity index (χ1v) is 3.06. The van der Waals surface area contributed by atoms with Crippen molar-refractivity contribution >= 4 is 29.9 Å².